The molecule has 1 rings (SSSR count). The molecule has 0 heterocycles. The van der Waals surface area contributed by atoms with E-state index in [9.17, 15) is 39.2 Å². The lowest BCUT2D eigenvalue weighted by atomic mass is 10.0. The minimum atomic E-state index is -6.25. The number of sulfone groups is 1. The van der Waals surface area contributed by atoms with Crippen molar-refractivity contribution in [3.63, 3.8) is 0 Å². The summed E-state index contributed by atoms with van der Waals surface area (Å²) in [5.74, 6) is -1.62. The molecule has 0 saturated carbocycles. The van der Waals surface area contributed by atoms with Gasteiger partial charge >= 0.3 is 12.4 Å². The number of hydrogen-bond donors (Lipinski definition) is 0. The lowest BCUT2D eigenvalue weighted by molar-refractivity contribution is -0.341. The van der Waals surface area contributed by atoms with E-state index in [1.807, 2.05) is 0 Å². The van der Waals surface area contributed by atoms with E-state index in [0.717, 1.165) is 12.1 Å². The topological polar surface area (TPSA) is 34.1 Å². The van der Waals surface area contributed by atoms with Gasteiger partial charge in [0.25, 0.3) is 5.67 Å². The summed E-state index contributed by atoms with van der Waals surface area (Å²) in [7, 11) is -4.45. The first-order valence-electron chi connectivity index (χ1n) is 5.41. The first-order chi connectivity index (χ1) is 9.31. The molecule has 0 aliphatic carbocycles. The zero-order valence-corrected chi connectivity index (χ0v) is 11.0. The van der Waals surface area contributed by atoms with Crippen LogP contribution < -0.4 is 0 Å². The number of benzene rings is 1. The van der Waals surface area contributed by atoms with Gasteiger partial charge in [0.2, 0.25) is 0 Å². The predicted molar refractivity (Wildman–Crippen MR) is 59.1 cm³/mol. The summed E-state index contributed by atoms with van der Waals surface area (Å²) in [5, 5.41) is 0. The van der Waals surface area contributed by atoms with Crippen molar-refractivity contribution in [3.8, 4) is 0 Å². The van der Waals surface area contributed by atoms with Gasteiger partial charge in [-0.25, -0.2) is 12.8 Å². The highest BCUT2D eigenvalue weighted by molar-refractivity contribution is 7.91. The molecular weight excluding hydrogens is 329 g/mol. The third-order valence-electron chi connectivity index (χ3n) is 2.72. The molecule has 0 fully saturated rings. The molecule has 0 aliphatic heterocycles. The zero-order valence-electron chi connectivity index (χ0n) is 10.2. The van der Waals surface area contributed by atoms with E-state index in [0.29, 0.717) is 0 Å². The van der Waals surface area contributed by atoms with Crippen LogP contribution in [0.3, 0.4) is 0 Å². The first kappa shape index (κ1) is 17.7. The molecule has 0 N–H and O–H groups in total. The molecule has 0 saturated heterocycles. The largest absolute Gasteiger partial charge is 0.431 e. The van der Waals surface area contributed by atoms with Crippen LogP contribution >= 0.6 is 0 Å². The summed E-state index contributed by atoms with van der Waals surface area (Å²) in [6.07, 6.45) is -14.8. The second-order valence-corrected chi connectivity index (χ2v) is 6.29. The molecule has 2 nitrogen and oxygen atoms in total. The van der Waals surface area contributed by atoms with Gasteiger partial charge in [-0.05, 0) is 12.1 Å². The molecule has 1 aromatic rings. The highest BCUT2D eigenvalue weighted by Crippen LogP contribution is 2.48. The molecule has 0 amide bonds. The summed E-state index contributed by atoms with van der Waals surface area (Å²) in [6, 6.07) is 5.88. The van der Waals surface area contributed by atoms with Crippen LogP contribution in [0, 0.1) is 0 Å². The molecule has 0 bridgehead atoms. The first-order valence-corrected chi connectivity index (χ1v) is 7.07. The Morgan fingerprint density at radius 1 is 0.810 bits per heavy atom. The van der Waals surface area contributed by atoms with Crippen molar-refractivity contribution in [1.82, 2.24) is 0 Å². The summed E-state index contributed by atoms with van der Waals surface area (Å²) in [6.45, 7) is 0. The van der Waals surface area contributed by atoms with Gasteiger partial charge in [0.05, 0.1) is 10.6 Å². The fraction of sp³-hybridized carbons (Fsp3) is 0.455. The minimum absolute atomic E-state index is 0.475. The maximum atomic E-state index is 13.3. The minimum Gasteiger partial charge on any atom is -0.224 e. The lowest BCUT2D eigenvalue weighted by Crippen LogP contribution is -2.54. The van der Waals surface area contributed by atoms with Crippen LogP contribution in [-0.2, 0) is 9.84 Å². The zero-order chi connectivity index (χ0) is 16.5. The average molecular weight is 338 g/mol. The van der Waals surface area contributed by atoms with Crippen LogP contribution in [-0.4, -0.2) is 32.2 Å². The van der Waals surface area contributed by atoms with E-state index in [4.69, 9.17) is 0 Å². The SMILES string of the molecule is O=S(=O)(CCC(F)(C(F)(F)F)C(F)(F)F)c1ccccc1. The maximum Gasteiger partial charge on any atom is 0.431 e. The lowest BCUT2D eigenvalue weighted by Gasteiger charge is -2.29. The van der Waals surface area contributed by atoms with Crippen molar-refractivity contribution < 1.29 is 39.2 Å². The van der Waals surface area contributed by atoms with Gasteiger partial charge in [0.15, 0.2) is 9.84 Å². The van der Waals surface area contributed by atoms with Crippen molar-refractivity contribution in [3.05, 3.63) is 30.3 Å². The van der Waals surface area contributed by atoms with Crippen molar-refractivity contribution in [2.75, 3.05) is 5.75 Å². The smallest absolute Gasteiger partial charge is 0.224 e. The third kappa shape index (κ3) is 3.66. The molecule has 0 atom stereocenters. The molecule has 21 heavy (non-hydrogen) atoms. The average Bonchev–Trinajstić information content (AvgIpc) is 2.34. The Morgan fingerprint density at radius 2 is 1.24 bits per heavy atom. The number of hydrogen-bond acceptors (Lipinski definition) is 2. The monoisotopic (exact) mass is 338 g/mol. The van der Waals surface area contributed by atoms with Crippen molar-refractivity contribution in [1.29, 1.82) is 0 Å². The van der Waals surface area contributed by atoms with E-state index in [-0.39, 0.29) is 0 Å². The highest BCUT2D eigenvalue weighted by atomic mass is 32.2. The quantitative estimate of drug-likeness (QED) is 0.785. The van der Waals surface area contributed by atoms with Gasteiger partial charge in [-0.2, -0.15) is 26.3 Å². The summed E-state index contributed by atoms with van der Waals surface area (Å²) >= 11 is 0. The van der Waals surface area contributed by atoms with E-state index in [1.165, 1.54) is 18.2 Å². The van der Waals surface area contributed by atoms with E-state index < -0.39 is 44.9 Å². The fourth-order valence-electron chi connectivity index (χ4n) is 1.46. The Labute approximate surface area is 115 Å². The summed E-state index contributed by atoms with van der Waals surface area (Å²) in [5.41, 5.74) is -5.57. The normalized spacial score (nSPS) is 14.2. The number of rotatable bonds is 4. The Bertz CT molecular complexity index is 561. The third-order valence-corrected chi connectivity index (χ3v) is 4.45. The molecule has 10 heteroatoms. The Balaban J connectivity index is 3.04. The molecule has 0 radical (unpaired) electrons. The molecule has 0 spiro atoms. The van der Waals surface area contributed by atoms with Crippen LogP contribution in [0.4, 0.5) is 30.7 Å². The van der Waals surface area contributed by atoms with Crippen molar-refractivity contribution in [2.45, 2.75) is 29.3 Å². The van der Waals surface area contributed by atoms with Gasteiger partial charge in [-0.15, -0.1) is 0 Å². The second kappa shape index (κ2) is 5.47. The van der Waals surface area contributed by atoms with Crippen LogP contribution in [0.2, 0.25) is 0 Å². The van der Waals surface area contributed by atoms with Crippen LogP contribution in [0.1, 0.15) is 6.42 Å². The summed E-state index contributed by atoms with van der Waals surface area (Å²) in [4.78, 5) is -0.475. The van der Waals surface area contributed by atoms with E-state index >= 15 is 0 Å². The van der Waals surface area contributed by atoms with E-state index in [2.05, 4.69) is 0 Å². The van der Waals surface area contributed by atoms with Gasteiger partial charge in [-0.3, -0.25) is 0 Å². The molecule has 0 aliphatic rings. The van der Waals surface area contributed by atoms with Gasteiger partial charge in [0.1, 0.15) is 0 Å². The van der Waals surface area contributed by atoms with Crippen LogP contribution in [0.25, 0.3) is 0 Å². The maximum absolute atomic E-state index is 13.3. The molecule has 0 aromatic heterocycles. The van der Waals surface area contributed by atoms with Crippen LogP contribution in [0.15, 0.2) is 35.2 Å². The number of alkyl halides is 7. The van der Waals surface area contributed by atoms with Crippen molar-refractivity contribution >= 4 is 9.84 Å². The van der Waals surface area contributed by atoms with E-state index in [1.54, 1.807) is 0 Å². The Hall–Kier alpha value is -1.32. The van der Waals surface area contributed by atoms with Gasteiger partial charge < -0.3 is 0 Å². The highest BCUT2D eigenvalue weighted by Gasteiger charge is 2.72. The Kier molecular flexibility index (Phi) is 4.62. The van der Waals surface area contributed by atoms with Crippen molar-refractivity contribution in [2.24, 2.45) is 0 Å². The molecule has 1 aromatic carbocycles. The second-order valence-electron chi connectivity index (χ2n) is 4.18. The standard InChI is InChI=1S/C11H9F7O2S/c12-9(10(13,14)15,11(16,17)18)6-7-21(19,20)8-4-2-1-3-5-8/h1-5H,6-7H2. The predicted octanol–water partition coefficient (Wildman–Crippen LogP) is 3.68. The van der Waals surface area contributed by atoms with Gasteiger partial charge in [-0.1, -0.05) is 18.2 Å². The molecule has 120 valence electrons. The molecule has 0 unspecified atom stereocenters. The van der Waals surface area contributed by atoms with Crippen LogP contribution in [0.5, 0.6) is 0 Å². The number of halogens is 7. The van der Waals surface area contributed by atoms with Gasteiger partial charge in [0, 0.05) is 6.42 Å². The Morgan fingerprint density at radius 3 is 1.62 bits per heavy atom. The molecular formula is C11H9F7O2S. The fourth-order valence-corrected chi connectivity index (χ4v) is 2.82. The summed E-state index contributed by atoms with van der Waals surface area (Å²) < 4.78 is 110.